The summed E-state index contributed by atoms with van der Waals surface area (Å²) < 4.78 is 0. The average molecular weight is 323 g/mol. The Labute approximate surface area is 129 Å². The minimum Gasteiger partial charge on any atom is -0.477 e. The molecule has 0 atom stereocenters. The number of aromatic nitrogens is 2. The standard InChI is InChI=1S/C13H13N3O3S2/c1-8-14-9(6-21-8)5-20-7-12(17)16-11-4-2-3-10(15-11)13(18)19/h2-4,6H,5,7H2,1H3,(H,18,19)(H,15,16,17). The quantitative estimate of drug-likeness (QED) is 0.848. The molecule has 0 saturated heterocycles. The van der Waals surface area contributed by atoms with E-state index in [1.165, 1.54) is 23.9 Å². The van der Waals surface area contributed by atoms with Crippen LogP contribution in [0.25, 0.3) is 0 Å². The van der Waals surface area contributed by atoms with Crippen molar-refractivity contribution in [3.05, 3.63) is 40.0 Å². The van der Waals surface area contributed by atoms with Crippen LogP contribution in [0.15, 0.2) is 23.6 Å². The zero-order valence-electron chi connectivity index (χ0n) is 11.2. The van der Waals surface area contributed by atoms with Crippen molar-refractivity contribution in [2.75, 3.05) is 11.1 Å². The summed E-state index contributed by atoms with van der Waals surface area (Å²) in [4.78, 5) is 30.7. The molecule has 2 aromatic rings. The summed E-state index contributed by atoms with van der Waals surface area (Å²) in [6.07, 6.45) is 0. The Morgan fingerprint density at radius 1 is 1.38 bits per heavy atom. The highest BCUT2D eigenvalue weighted by atomic mass is 32.2. The molecular weight excluding hydrogens is 310 g/mol. The van der Waals surface area contributed by atoms with Crippen LogP contribution in [0.3, 0.4) is 0 Å². The Morgan fingerprint density at radius 2 is 2.19 bits per heavy atom. The van der Waals surface area contributed by atoms with Crippen molar-refractivity contribution in [2.45, 2.75) is 12.7 Å². The topological polar surface area (TPSA) is 92.2 Å². The fraction of sp³-hybridized carbons (Fsp3) is 0.231. The second-order valence-corrected chi connectivity index (χ2v) is 6.16. The van der Waals surface area contributed by atoms with Gasteiger partial charge in [0.25, 0.3) is 0 Å². The van der Waals surface area contributed by atoms with Crippen LogP contribution in [0.2, 0.25) is 0 Å². The third-order valence-electron chi connectivity index (χ3n) is 2.39. The van der Waals surface area contributed by atoms with Gasteiger partial charge in [-0.1, -0.05) is 6.07 Å². The van der Waals surface area contributed by atoms with Crippen molar-refractivity contribution >= 4 is 40.8 Å². The van der Waals surface area contributed by atoms with Crippen LogP contribution < -0.4 is 5.32 Å². The summed E-state index contributed by atoms with van der Waals surface area (Å²) in [5.41, 5.74) is 0.861. The van der Waals surface area contributed by atoms with Gasteiger partial charge in [0.2, 0.25) is 5.91 Å². The number of nitrogens with one attached hydrogen (secondary N) is 1. The number of hydrogen-bond donors (Lipinski definition) is 2. The minimum absolute atomic E-state index is 0.0987. The van der Waals surface area contributed by atoms with Gasteiger partial charge in [0.1, 0.15) is 5.82 Å². The predicted octanol–water partition coefficient (Wildman–Crippen LogP) is 2.42. The van der Waals surface area contributed by atoms with Crippen LogP contribution in [0, 0.1) is 6.92 Å². The van der Waals surface area contributed by atoms with Crippen molar-refractivity contribution in [1.29, 1.82) is 0 Å². The summed E-state index contributed by atoms with van der Waals surface area (Å²) in [5, 5.41) is 14.4. The van der Waals surface area contributed by atoms with E-state index in [-0.39, 0.29) is 23.2 Å². The fourth-order valence-electron chi connectivity index (χ4n) is 1.53. The zero-order valence-corrected chi connectivity index (χ0v) is 12.8. The first kappa shape index (κ1) is 15.5. The first-order valence-electron chi connectivity index (χ1n) is 6.03. The highest BCUT2D eigenvalue weighted by Crippen LogP contribution is 2.15. The van der Waals surface area contributed by atoms with Gasteiger partial charge >= 0.3 is 5.97 Å². The maximum atomic E-state index is 11.8. The number of rotatable bonds is 6. The number of pyridine rings is 1. The lowest BCUT2D eigenvalue weighted by atomic mass is 10.3. The Hall–Kier alpha value is -1.93. The van der Waals surface area contributed by atoms with Crippen molar-refractivity contribution < 1.29 is 14.7 Å². The van der Waals surface area contributed by atoms with E-state index in [1.54, 1.807) is 17.4 Å². The molecule has 0 saturated carbocycles. The SMILES string of the molecule is Cc1nc(CSCC(=O)Nc2cccc(C(=O)O)n2)cs1. The summed E-state index contributed by atoms with van der Waals surface area (Å²) in [5.74, 6) is -0.179. The number of carboxylic acids is 1. The van der Waals surface area contributed by atoms with Crippen LogP contribution >= 0.6 is 23.1 Å². The third-order valence-corrected chi connectivity index (χ3v) is 4.17. The number of anilines is 1. The van der Waals surface area contributed by atoms with Gasteiger partial charge in [-0.05, 0) is 19.1 Å². The van der Waals surface area contributed by atoms with Crippen molar-refractivity contribution in [1.82, 2.24) is 9.97 Å². The molecule has 6 nitrogen and oxygen atoms in total. The Morgan fingerprint density at radius 3 is 2.86 bits per heavy atom. The largest absolute Gasteiger partial charge is 0.477 e. The molecule has 21 heavy (non-hydrogen) atoms. The summed E-state index contributed by atoms with van der Waals surface area (Å²) >= 11 is 3.03. The first-order chi connectivity index (χ1) is 10.0. The molecule has 0 aromatic carbocycles. The van der Waals surface area contributed by atoms with Gasteiger partial charge in [-0.2, -0.15) is 0 Å². The third kappa shape index (κ3) is 4.83. The molecule has 8 heteroatoms. The van der Waals surface area contributed by atoms with E-state index < -0.39 is 5.97 Å². The van der Waals surface area contributed by atoms with E-state index in [9.17, 15) is 9.59 Å². The number of carbonyl (C=O) groups excluding carboxylic acids is 1. The molecule has 0 fully saturated rings. The number of carbonyl (C=O) groups is 2. The first-order valence-corrected chi connectivity index (χ1v) is 8.07. The molecule has 2 aromatic heterocycles. The van der Waals surface area contributed by atoms with Crippen molar-refractivity contribution in [3.8, 4) is 0 Å². The van der Waals surface area contributed by atoms with Crippen molar-refractivity contribution in [2.24, 2.45) is 0 Å². The van der Waals surface area contributed by atoms with Crippen LogP contribution in [0.4, 0.5) is 5.82 Å². The van der Waals surface area contributed by atoms with E-state index in [1.807, 2.05) is 12.3 Å². The molecule has 110 valence electrons. The molecule has 0 aliphatic carbocycles. The normalized spacial score (nSPS) is 10.3. The summed E-state index contributed by atoms with van der Waals surface area (Å²) in [6, 6.07) is 4.47. The van der Waals surface area contributed by atoms with Gasteiger partial charge in [0.05, 0.1) is 16.5 Å². The highest BCUT2D eigenvalue weighted by molar-refractivity contribution is 7.99. The number of aromatic carboxylic acids is 1. The van der Waals surface area contributed by atoms with Gasteiger partial charge in [-0.3, -0.25) is 4.79 Å². The van der Waals surface area contributed by atoms with E-state index in [0.29, 0.717) is 5.75 Å². The van der Waals surface area contributed by atoms with Gasteiger partial charge in [-0.15, -0.1) is 23.1 Å². The zero-order chi connectivity index (χ0) is 15.2. The van der Waals surface area contributed by atoms with Gasteiger partial charge in [0, 0.05) is 11.1 Å². The molecule has 0 aliphatic rings. The molecular formula is C13H13N3O3S2. The molecule has 0 radical (unpaired) electrons. The van der Waals surface area contributed by atoms with Crippen LogP contribution in [0.5, 0.6) is 0 Å². The maximum Gasteiger partial charge on any atom is 0.354 e. The van der Waals surface area contributed by atoms with E-state index in [0.717, 1.165) is 10.7 Å². The van der Waals surface area contributed by atoms with E-state index in [4.69, 9.17) is 5.11 Å². The van der Waals surface area contributed by atoms with Crippen LogP contribution in [-0.4, -0.2) is 32.7 Å². The van der Waals surface area contributed by atoms with Gasteiger partial charge in [-0.25, -0.2) is 14.8 Å². The molecule has 0 aliphatic heterocycles. The lowest BCUT2D eigenvalue weighted by Gasteiger charge is -2.04. The molecule has 2 heterocycles. The number of thiazole rings is 1. The smallest absolute Gasteiger partial charge is 0.354 e. The minimum atomic E-state index is -1.13. The number of hydrogen-bond acceptors (Lipinski definition) is 6. The number of thioether (sulfide) groups is 1. The Kier molecular flexibility index (Phi) is 5.29. The molecule has 0 bridgehead atoms. The lowest BCUT2D eigenvalue weighted by Crippen LogP contribution is -2.16. The average Bonchev–Trinajstić information content (AvgIpc) is 2.84. The predicted molar refractivity (Wildman–Crippen MR) is 82.8 cm³/mol. The lowest BCUT2D eigenvalue weighted by molar-refractivity contribution is -0.113. The monoisotopic (exact) mass is 323 g/mol. The number of amides is 1. The van der Waals surface area contributed by atoms with Crippen molar-refractivity contribution in [3.63, 3.8) is 0 Å². The second-order valence-electron chi connectivity index (χ2n) is 4.11. The van der Waals surface area contributed by atoms with E-state index >= 15 is 0 Å². The molecule has 0 spiro atoms. The van der Waals surface area contributed by atoms with Gasteiger partial charge < -0.3 is 10.4 Å². The maximum absolute atomic E-state index is 11.8. The van der Waals surface area contributed by atoms with Gasteiger partial charge in [0.15, 0.2) is 5.69 Å². The fourth-order valence-corrected chi connectivity index (χ4v) is 2.96. The van der Waals surface area contributed by atoms with E-state index in [2.05, 4.69) is 15.3 Å². The Bertz CT molecular complexity index is 658. The molecule has 2 N–H and O–H groups in total. The second kappa shape index (κ2) is 7.19. The molecule has 1 amide bonds. The molecule has 2 rings (SSSR count). The van der Waals surface area contributed by atoms with Crippen LogP contribution in [0.1, 0.15) is 21.2 Å². The Balaban J connectivity index is 1.81. The molecule has 0 unspecified atom stereocenters. The number of aryl methyl sites for hydroxylation is 1. The number of nitrogens with zero attached hydrogens (tertiary/aromatic N) is 2. The summed E-state index contributed by atoms with van der Waals surface area (Å²) in [7, 11) is 0. The highest BCUT2D eigenvalue weighted by Gasteiger charge is 2.08. The number of carboxylic acid groups (broad SMARTS) is 1. The summed E-state index contributed by atoms with van der Waals surface area (Å²) in [6.45, 7) is 1.94. The van der Waals surface area contributed by atoms with Crippen LogP contribution in [-0.2, 0) is 10.5 Å².